The van der Waals surface area contributed by atoms with Gasteiger partial charge in [0, 0.05) is 8.95 Å². The van der Waals surface area contributed by atoms with Gasteiger partial charge in [-0.15, -0.1) is 0 Å². The van der Waals surface area contributed by atoms with Crippen LogP contribution in [0.2, 0.25) is 0 Å². The number of carboxylic acid groups (broad SMARTS) is 1. The Hall–Kier alpha value is -1.60. The van der Waals surface area contributed by atoms with E-state index in [-0.39, 0.29) is 11.3 Å². The van der Waals surface area contributed by atoms with Crippen molar-refractivity contribution in [2.45, 2.75) is 6.92 Å². The molecule has 0 saturated carbocycles. The van der Waals surface area contributed by atoms with Gasteiger partial charge in [-0.1, -0.05) is 15.9 Å². The monoisotopic (exact) mass is 401 g/mol. The van der Waals surface area contributed by atoms with Crippen LogP contribution in [-0.2, 0) is 0 Å². The Bertz CT molecular complexity index is 694. The third-order valence-corrected chi connectivity index (χ3v) is 3.71. The fraction of sp³-hybridized carbons (Fsp3) is 0.0769. The van der Waals surface area contributed by atoms with Crippen molar-refractivity contribution in [2.24, 2.45) is 0 Å². The fourth-order valence-electron chi connectivity index (χ4n) is 1.67. The number of aromatic carboxylic acids is 1. The summed E-state index contributed by atoms with van der Waals surface area (Å²) in [5.74, 6) is -1.10. The van der Waals surface area contributed by atoms with Crippen LogP contribution in [0.1, 0.15) is 26.5 Å². The fourth-order valence-corrected chi connectivity index (χ4v) is 3.00. The molecule has 0 aliphatic heterocycles. The zero-order chi connectivity index (χ0) is 14.9. The molecule has 0 spiro atoms. The molecule has 2 rings (SSSR count). The lowest BCUT2D eigenvalue weighted by Gasteiger charge is -2.11. The van der Waals surface area contributed by atoms with Gasteiger partial charge in [0.05, 0.1) is 23.1 Å². The lowest BCUT2D eigenvalue weighted by Crippen LogP contribution is -2.15. The summed E-state index contributed by atoms with van der Waals surface area (Å²) in [5.41, 5.74) is 0.545. The van der Waals surface area contributed by atoms with E-state index >= 15 is 0 Å². The normalized spacial score (nSPS) is 10.3. The van der Waals surface area contributed by atoms with Gasteiger partial charge in [0.1, 0.15) is 5.76 Å². The van der Waals surface area contributed by atoms with Crippen LogP contribution in [0.3, 0.4) is 0 Å². The van der Waals surface area contributed by atoms with Crippen LogP contribution < -0.4 is 5.32 Å². The number of aryl methyl sites for hydroxylation is 1. The number of rotatable bonds is 3. The van der Waals surface area contributed by atoms with Crippen molar-refractivity contribution in [3.63, 3.8) is 0 Å². The predicted octanol–water partition coefficient (Wildman–Crippen LogP) is 4.06. The van der Waals surface area contributed by atoms with E-state index in [0.29, 0.717) is 20.3 Å². The summed E-state index contributed by atoms with van der Waals surface area (Å²) in [6.45, 7) is 1.66. The minimum absolute atomic E-state index is 0.0132. The first-order chi connectivity index (χ1) is 9.40. The molecular weight excluding hydrogens is 394 g/mol. The standard InChI is InChI=1S/C13H9Br2NO4/c1-6-8(2-3-20-6)12(17)16-11-9(13(18)19)4-7(14)5-10(11)15/h2-5H,1H3,(H,16,17)(H,18,19). The first-order valence-corrected chi connectivity index (χ1v) is 7.06. The van der Waals surface area contributed by atoms with Crippen LogP contribution in [0.25, 0.3) is 0 Å². The molecule has 1 amide bonds. The molecule has 5 nitrogen and oxygen atoms in total. The van der Waals surface area contributed by atoms with Crippen molar-refractivity contribution >= 4 is 49.4 Å². The van der Waals surface area contributed by atoms with E-state index in [1.807, 2.05) is 0 Å². The lowest BCUT2D eigenvalue weighted by molar-refractivity contribution is 0.0698. The largest absolute Gasteiger partial charge is 0.478 e. The molecule has 0 aliphatic carbocycles. The zero-order valence-corrected chi connectivity index (χ0v) is 13.4. The molecular formula is C13H9Br2NO4. The number of anilines is 1. The molecule has 2 aromatic rings. The van der Waals surface area contributed by atoms with Crippen LogP contribution in [0, 0.1) is 6.92 Å². The van der Waals surface area contributed by atoms with Gasteiger partial charge in [0.15, 0.2) is 0 Å². The molecule has 0 aliphatic rings. The molecule has 1 aromatic heterocycles. The maximum Gasteiger partial charge on any atom is 0.337 e. The molecule has 0 atom stereocenters. The average molecular weight is 403 g/mol. The minimum Gasteiger partial charge on any atom is -0.478 e. The lowest BCUT2D eigenvalue weighted by atomic mass is 10.1. The van der Waals surface area contributed by atoms with Gasteiger partial charge in [0.25, 0.3) is 5.91 Å². The van der Waals surface area contributed by atoms with Crippen LogP contribution >= 0.6 is 31.9 Å². The Morgan fingerprint density at radius 2 is 1.95 bits per heavy atom. The highest BCUT2D eigenvalue weighted by Crippen LogP contribution is 2.31. The van der Waals surface area contributed by atoms with Crippen molar-refractivity contribution < 1.29 is 19.1 Å². The number of furan rings is 1. The van der Waals surface area contributed by atoms with Crippen molar-refractivity contribution in [1.82, 2.24) is 0 Å². The van der Waals surface area contributed by atoms with E-state index < -0.39 is 11.9 Å². The summed E-state index contributed by atoms with van der Waals surface area (Å²) >= 11 is 6.46. The van der Waals surface area contributed by atoms with E-state index in [0.717, 1.165) is 0 Å². The van der Waals surface area contributed by atoms with Gasteiger partial charge in [-0.2, -0.15) is 0 Å². The number of benzene rings is 1. The number of halogens is 2. The highest BCUT2D eigenvalue weighted by Gasteiger charge is 2.19. The van der Waals surface area contributed by atoms with Crippen molar-refractivity contribution in [3.8, 4) is 0 Å². The van der Waals surface area contributed by atoms with Crippen LogP contribution in [-0.4, -0.2) is 17.0 Å². The Morgan fingerprint density at radius 1 is 1.25 bits per heavy atom. The predicted molar refractivity (Wildman–Crippen MR) is 80.2 cm³/mol. The van der Waals surface area contributed by atoms with Crippen LogP contribution in [0.15, 0.2) is 37.8 Å². The minimum atomic E-state index is -1.13. The maximum atomic E-state index is 12.1. The molecule has 20 heavy (non-hydrogen) atoms. The smallest absolute Gasteiger partial charge is 0.337 e. The Labute approximate surface area is 131 Å². The highest BCUT2D eigenvalue weighted by molar-refractivity contribution is 9.11. The summed E-state index contributed by atoms with van der Waals surface area (Å²) < 4.78 is 6.12. The first-order valence-electron chi connectivity index (χ1n) is 5.48. The number of carboxylic acids is 1. The van der Waals surface area contributed by atoms with E-state index in [4.69, 9.17) is 4.42 Å². The molecule has 7 heteroatoms. The second-order valence-electron chi connectivity index (χ2n) is 3.96. The van der Waals surface area contributed by atoms with E-state index in [2.05, 4.69) is 37.2 Å². The van der Waals surface area contributed by atoms with Gasteiger partial charge in [-0.05, 0) is 41.1 Å². The molecule has 2 N–H and O–H groups in total. The SMILES string of the molecule is Cc1occc1C(=O)Nc1c(Br)cc(Br)cc1C(=O)O. The number of carbonyl (C=O) groups excluding carboxylic acids is 1. The second-order valence-corrected chi connectivity index (χ2v) is 5.73. The third kappa shape index (κ3) is 2.94. The molecule has 0 radical (unpaired) electrons. The van der Waals surface area contributed by atoms with E-state index in [1.54, 1.807) is 13.0 Å². The second kappa shape index (κ2) is 5.80. The Morgan fingerprint density at radius 3 is 2.50 bits per heavy atom. The first kappa shape index (κ1) is 14.8. The maximum absolute atomic E-state index is 12.1. The average Bonchev–Trinajstić information content (AvgIpc) is 2.78. The summed E-state index contributed by atoms with van der Waals surface area (Å²) in [4.78, 5) is 23.4. The number of hydrogen-bond acceptors (Lipinski definition) is 3. The van der Waals surface area contributed by atoms with Crippen LogP contribution in [0.4, 0.5) is 5.69 Å². The molecule has 0 fully saturated rings. The molecule has 0 unspecified atom stereocenters. The van der Waals surface area contributed by atoms with Gasteiger partial charge in [-0.3, -0.25) is 4.79 Å². The van der Waals surface area contributed by atoms with Gasteiger partial charge in [-0.25, -0.2) is 4.79 Å². The third-order valence-electron chi connectivity index (χ3n) is 2.63. The van der Waals surface area contributed by atoms with E-state index in [9.17, 15) is 14.7 Å². The zero-order valence-electron chi connectivity index (χ0n) is 10.2. The van der Waals surface area contributed by atoms with E-state index in [1.165, 1.54) is 18.4 Å². The Balaban J connectivity index is 2.41. The molecule has 1 heterocycles. The summed E-state index contributed by atoms with van der Waals surface area (Å²) in [7, 11) is 0. The summed E-state index contributed by atoms with van der Waals surface area (Å²) in [6.07, 6.45) is 1.40. The molecule has 104 valence electrons. The highest BCUT2D eigenvalue weighted by atomic mass is 79.9. The molecule has 1 aromatic carbocycles. The van der Waals surface area contributed by atoms with Crippen LogP contribution in [0.5, 0.6) is 0 Å². The summed E-state index contributed by atoms with van der Waals surface area (Å²) in [6, 6.07) is 4.60. The van der Waals surface area contributed by atoms with Gasteiger partial charge in [0.2, 0.25) is 0 Å². The number of amides is 1. The summed E-state index contributed by atoms with van der Waals surface area (Å²) in [5, 5.41) is 11.8. The quantitative estimate of drug-likeness (QED) is 0.811. The van der Waals surface area contributed by atoms with Gasteiger partial charge >= 0.3 is 5.97 Å². The van der Waals surface area contributed by atoms with Gasteiger partial charge < -0.3 is 14.8 Å². The Kier molecular flexibility index (Phi) is 4.29. The topological polar surface area (TPSA) is 79.5 Å². The molecule has 0 saturated heterocycles. The van der Waals surface area contributed by atoms with Crippen molar-refractivity contribution in [2.75, 3.05) is 5.32 Å². The number of carbonyl (C=O) groups is 2. The molecule has 0 bridgehead atoms. The number of nitrogens with one attached hydrogen (secondary N) is 1. The van der Waals surface area contributed by atoms with Crippen molar-refractivity contribution in [1.29, 1.82) is 0 Å². The van der Waals surface area contributed by atoms with Crippen molar-refractivity contribution in [3.05, 3.63) is 50.3 Å². The number of hydrogen-bond donors (Lipinski definition) is 2.